The molecule has 2 saturated carbocycles. The molecule has 1 aromatic heterocycles. The van der Waals surface area contributed by atoms with E-state index in [9.17, 15) is 9.59 Å². The number of nitrogens with one attached hydrogen (secondary N) is 2. The van der Waals surface area contributed by atoms with Crippen molar-refractivity contribution in [1.82, 2.24) is 10.6 Å². The Morgan fingerprint density at radius 2 is 2.16 bits per heavy atom. The maximum atomic E-state index is 12.2. The van der Waals surface area contributed by atoms with Crippen molar-refractivity contribution >= 4 is 11.8 Å². The number of hydrogen-bond acceptors (Lipinski definition) is 4. The van der Waals surface area contributed by atoms with Gasteiger partial charge in [-0.2, -0.15) is 0 Å². The Bertz CT molecular complexity index is 578. The number of carbonyl (C=O) groups is 2. The minimum absolute atomic E-state index is 0.0680. The van der Waals surface area contributed by atoms with Crippen molar-refractivity contribution in [2.24, 2.45) is 5.41 Å². The standard InChI is InChI=1S/C19H28N2O4/c1-2-24-16-13-15(19(16)9-3-4-10-19)21-17(22)8-5-11-20-18(23)14-7-6-12-25-14/h6-7,12,15-16H,2-5,8-11,13H2,1H3,(H,20,23)(H,21,22)/t15-,16+/m1/s1. The number of hydrogen-bond donors (Lipinski definition) is 2. The molecule has 1 heterocycles. The molecule has 2 amide bonds. The Morgan fingerprint density at radius 1 is 1.36 bits per heavy atom. The monoisotopic (exact) mass is 348 g/mol. The number of furan rings is 1. The first-order valence-corrected chi connectivity index (χ1v) is 9.38. The first kappa shape index (κ1) is 18.0. The van der Waals surface area contributed by atoms with Crippen LogP contribution in [0.1, 0.15) is 62.4 Å². The highest BCUT2D eigenvalue weighted by molar-refractivity contribution is 5.91. The Morgan fingerprint density at radius 3 is 2.84 bits per heavy atom. The molecule has 3 rings (SSSR count). The van der Waals surface area contributed by atoms with Crippen LogP contribution in [0.4, 0.5) is 0 Å². The molecule has 0 aromatic carbocycles. The molecule has 138 valence electrons. The van der Waals surface area contributed by atoms with Gasteiger partial charge < -0.3 is 19.8 Å². The summed E-state index contributed by atoms with van der Waals surface area (Å²) >= 11 is 0. The Kier molecular flexibility index (Phi) is 5.78. The SMILES string of the molecule is CCO[C@H]1C[C@@H](NC(=O)CCCNC(=O)c2ccco2)C12CCCC2. The zero-order valence-corrected chi connectivity index (χ0v) is 14.9. The van der Waals surface area contributed by atoms with Crippen molar-refractivity contribution in [2.45, 2.75) is 64.0 Å². The zero-order chi connectivity index (χ0) is 17.7. The quantitative estimate of drug-likeness (QED) is 0.708. The van der Waals surface area contributed by atoms with Crippen LogP contribution < -0.4 is 10.6 Å². The summed E-state index contributed by atoms with van der Waals surface area (Å²) in [5, 5.41) is 5.96. The molecular formula is C19H28N2O4. The fourth-order valence-corrected chi connectivity index (χ4v) is 4.30. The molecular weight excluding hydrogens is 320 g/mol. The summed E-state index contributed by atoms with van der Waals surface area (Å²) in [6.45, 7) is 3.23. The van der Waals surface area contributed by atoms with Crippen LogP contribution in [0.5, 0.6) is 0 Å². The third kappa shape index (κ3) is 3.89. The smallest absolute Gasteiger partial charge is 0.286 e. The first-order chi connectivity index (χ1) is 12.2. The number of carbonyl (C=O) groups excluding carboxylic acids is 2. The second-order valence-electron chi connectivity index (χ2n) is 7.08. The van der Waals surface area contributed by atoms with Crippen LogP contribution in [0.2, 0.25) is 0 Å². The molecule has 0 unspecified atom stereocenters. The van der Waals surface area contributed by atoms with Crippen molar-refractivity contribution in [3.05, 3.63) is 24.2 Å². The summed E-state index contributed by atoms with van der Waals surface area (Å²) in [5.74, 6) is 0.122. The lowest BCUT2D eigenvalue weighted by Gasteiger charge is -2.54. The molecule has 25 heavy (non-hydrogen) atoms. The minimum atomic E-state index is -0.242. The summed E-state index contributed by atoms with van der Waals surface area (Å²) in [6.07, 6.45) is 8.51. The molecule has 6 heteroatoms. The number of ether oxygens (including phenoxy) is 1. The summed E-state index contributed by atoms with van der Waals surface area (Å²) in [6, 6.07) is 3.54. The minimum Gasteiger partial charge on any atom is -0.459 e. The van der Waals surface area contributed by atoms with Gasteiger partial charge in [-0.1, -0.05) is 12.8 Å². The van der Waals surface area contributed by atoms with E-state index in [-0.39, 0.29) is 23.3 Å². The first-order valence-electron chi connectivity index (χ1n) is 9.38. The van der Waals surface area contributed by atoms with Crippen LogP contribution in [-0.2, 0) is 9.53 Å². The maximum Gasteiger partial charge on any atom is 0.286 e. The molecule has 6 nitrogen and oxygen atoms in total. The zero-order valence-electron chi connectivity index (χ0n) is 14.9. The van der Waals surface area contributed by atoms with Gasteiger partial charge in [-0.15, -0.1) is 0 Å². The highest BCUT2D eigenvalue weighted by Crippen LogP contribution is 2.54. The van der Waals surface area contributed by atoms with E-state index in [1.165, 1.54) is 19.1 Å². The molecule has 0 aliphatic heterocycles. The summed E-state index contributed by atoms with van der Waals surface area (Å²) in [4.78, 5) is 24.0. The topological polar surface area (TPSA) is 80.6 Å². The van der Waals surface area contributed by atoms with Gasteiger partial charge in [0.25, 0.3) is 5.91 Å². The lowest BCUT2D eigenvalue weighted by Crippen LogP contribution is -2.63. The van der Waals surface area contributed by atoms with Gasteiger partial charge >= 0.3 is 0 Å². The molecule has 2 aliphatic rings. The Labute approximate surface area is 148 Å². The van der Waals surface area contributed by atoms with E-state index < -0.39 is 0 Å². The van der Waals surface area contributed by atoms with Crippen LogP contribution in [0, 0.1) is 5.41 Å². The van der Waals surface area contributed by atoms with E-state index in [0.717, 1.165) is 25.9 Å². The van der Waals surface area contributed by atoms with Crippen LogP contribution in [-0.4, -0.2) is 37.1 Å². The van der Waals surface area contributed by atoms with Crippen molar-refractivity contribution < 1.29 is 18.7 Å². The lowest BCUT2D eigenvalue weighted by atomic mass is 9.60. The lowest BCUT2D eigenvalue weighted by molar-refractivity contribution is -0.144. The molecule has 1 spiro atoms. The highest BCUT2D eigenvalue weighted by atomic mass is 16.5. The van der Waals surface area contributed by atoms with E-state index in [1.54, 1.807) is 12.1 Å². The van der Waals surface area contributed by atoms with E-state index in [4.69, 9.17) is 9.15 Å². The largest absolute Gasteiger partial charge is 0.459 e. The fraction of sp³-hybridized carbons (Fsp3) is 0.684. The average Bonchev–Trinajstić information content (AvgIpc) is 3.30. The van der Waals surface area contributed by atoms with Gasteiger partial charge in [-0.25, -0.2) is 0 Å². The molecule has 2 atom stereocenters. The van der Waals surface area contributed by atoms with Crippen molar-refractivity contribution in [3.63, 3.8) is 0 Å². The van der Waals surface area contributed by atoms with E-state index in [1.807, 2.05) is 6.92 Å². The van der Waals surface area contributed by atoms with Gasteiger partial charge in [0.2, 0.25) is 5.91 Å². The molecule has 2 N–H and O–H groups in total. The van der Waals surface area contributed by atoms with Gasteiger partial charge in [0.15, 0.2) is 5.76 Å². The van der Waals surface area contributed by atoms with Crippen molar-refractivity contribution in [2.75, 3.05) is 13.2 Å². The Hall–Kier alpha value is -1.82. The highest BCUT2D eigenvalue weighted by Gasteiger charge is 2.57. The van der Waals surface area contributed by atoms with Crippen LogP contribution >= 0.6 is 0 Å². The van der Waals surface area contributed by atoms with Crippen molar-refractivity contribution in [3.8, 4) is 0 Å². The molecule has 0 saturated heterocycles. The molecule has 0 bridgehead atoms. The molecule has 2 aliphatic carbocycles. The van der Waals surface area contributed by atoms with Crippen LogP contribution in [0.15, 0.2) is 22.8 Å². The maximum absolute atomic E-state index is 12.2. The van der Waals surface area contributed by atoms with E-state index in [2.05, 4.69) is 10.6 Å². The predicted molar refractivity (Wildman–Crippen MR) is 93.1 cm³/mol. The summed E-state index contributed by atoms with van der Waals surface area (Å²) in [5.41, 5.74) is 0.166. The van der Waals surface area contributed by atoms with Gasteiger partial charge in [0, 0.05) is 31.0 Å². The number of rotatable bonds is 8. The van der Waals surface area contributed by atoms with Crippen LogP contribution in [0.3, 0.4) is 0 Å². The summed E-state index contributed by atoms with van der Waals surface area (Å²) in [7, 11) is 0. The predicted octanol–water partition coefficient (Wildman–Crippen LogP) is 2.64. The van der Waals surface area contributed by atoms with Crippen molar-refractivity contribution in [1.29, 1.82) is 0 Å². The normalized spacial score (nSPS) is 24.0. The average molecular weight is 348 g/mol. The fourth-order valence-electron chi connectivity index (χ4n) is 4.30. The second-order valence-corrected chi connectivity index (χ2v) is 7.08. The third-order valence-corrected chi connectivity index (χ3v) is 5.63. The van der Waals surface area contributed by atoms with E-state index >= 15 is 0 Å². The third-order valence-electron chi connectivity index (χ3n) is 5.63. The summed E-state index contributed by atoms with van der Waals surface area (Å²) < 4.78 is 10.9. The molecule has 0 radical (unpaired) electrons. The second kappa shape index (κ2) is 8.04. The van der Waals surface area contributed by atoms with Gasteiger partial charge in [-0.3, -0.25) is 9.59 Å². The van der Waals surface area contributed by atoms with E-state index in [0.29, 0.717) is 31.3 Å². The van der Waals surface area contributed by atoms with Crippen LogP contribution in [0.25, 0.3) is 0 Å². The van der Waals surface area contributed by atoms with Gasteiger partial charge in [0.1, 0.15) is 0 Å². The molecule has 2 fully saturated rings. The number of amides is 2. The van der Waals surface area contributed by atoms with Gasteiger partial charge in [-0.05, 0) is 44.7 Å². The Balaban J connectivity index is 1.37. The molecule has 1 aromatic rings. The van der Waals surface area contributed by atoms with Gasteiger partial charge in [0.05, 0.1) is 12.4 Å².